The van der Waals surface area contributed by atoms with E-state index >= 15 is 0 Å². The average Bonchev–Trinajstić information content (AvgIpc) is 2.60. The fourth-order valence-electron chi connectivity index (χ4n) is 1.14. The van der Waals surface area contributed by atoms with E-state index in [1.54, 1.807) is 0 Å². The molecule has 5 nitrogen and oxygen atoms in total. The Bertz CT molecular complexity index is 349. The van der Waals surface area contributed by atoms with Crippen LogP contribution in [0.2, 0.25) is 0 Å². The van der Waals surface area contributed by atoms with E-state index in [1.807, 2.05) is 0 Å². The molecule has 0 unspecified atom stereocenters. The summed E-state index contributed by atoms with van der Waals surface area (Å²) in [5.41, 5.74) is -4.43. The summed E-state index contributed by atoms with van der Waals surface area (Å²) in [6, 6.07) is 0. The summed E-state index contributed by atoms with van der Waals surface area (Å²) in [7, 11) is 0. The minimum absolute atomic E-state index is 0.405. The molecule has 0 aliphatic carbocycles. The second-order valence-corrected chi connectivity index (χ2v) is 3.33. The van der Waals surface area contributed by atoms with Crippen molar-refractivity contribution < 1.29 is 36.0 Å². The van der Waals surface area contributed by atoms with Crippen LogP contribution in [0.4, 0.5) is 26.3 Å². The highest BCUT2D eigenvalue weighted by Crippen LogP contribution is 2.49. The van der Waals surface area contributed by atoms with E-state index in [0.29, 0.717) is 0 Å². The van der Waals surface area contributed by atoms with Crippen molar-refractivity contribution >= 4 is 5.97 Å². The summed E-state index contributed by atoms with van der Waals surface area (Å²) in [4.78, 5) is 14.7. The van der Waals surface area contributed by atoms with E-state index in [-0.39, 0.29) is 0 Å². The normalized spacial score (nSPS) is 19.2. The molecule has 0 amide bonds. The smallest absolute Gasteiger partial charge is 0.321 e. The van der Waals surface area contributed by atoms with Crippen LogP contribution in [0.3, 0.4) is 0 Å². The zero-order chi connectivity index (χ0) is 14.2. The first kappa shape index (κ1) is 14.5. The zero-order valence-corrected chi connectivity index (χ0v) is 8.84. The van der Waals surface area contributed by atoms with Crippen molar-refractivity contribution in [1.29, 1.82) is 0 Å². The second kappa shape index (κ2) is 4.28. The first-order valence-electron chi connectivity index (χ1n) is 4.58. The Labute approximate surface area is 96.3 Å². The number of hydroxylamine groups is 1. The second-order valence-electron chi connectivity index (χ2n) is 3.33. The number of carbonyl (C=O) groups is 1. The minimum Gasteiger partial charge on any atom is -0.321 e. The molecule has 0 N–H and O–H groups in total. The fraction of sp³-hybridized carbons (Fsp3) is 0.857. The van der Waals surface area contributed by atoms with Gasteiger partial charge in [-0.05, 0) is 5.22 Å². The maximum Gasteiger partial charge on any atom is 0.427 e. The van der Waals surface area contributed by atoms with E-state index in [1.165, 1.54) is 6.92 Å². The van der Waals surface area contributed by atoms with Crippen molar-refractivity contribution in [3.05, 3.63) is 0 Å². The van der Waals surface area contributed by atoms with Crippen LogP contribution in [-0.2, 0) is 9.63 Å². The van der Waals surface area contributed by atoms with Gasteiger partial charge in [-0.15, -0.1) is 0 Å². The molecule has 0 radical (unpaired) electrons. The third-order valence-corrected chi connectivity index (χ3v) is 2.19. The molecule has 1 rings (SSSR count). The Morgan fingerprint density at radius 2 is 1.78 bits per heavy atom. The lowest BCUT2D eigenvalue weighted by molar-refractivity contribution is -0.379. The van der Waals surface area contributed by atoms with Gasteiger partial charge in [0.1, 0.15) is 6.54 Å². The monoisotopic (exact) mass is 279 g/mol. The van der Waals surface area contributed by atoms with Crippen molar-refractivity contribution in [1.82, 2.24) is 5.17 Å². The SMILES string of the molecule is CCC(=O)ON1N=NCC1(C(F)(F)F)C(F)(F)F. The van der Waals surface area contributed by atoms with Crippen LogP contribution in [-0.4, -0.2) is 35.6 Å². The Morgan fingerprint density at radius 3 is 2.17 bits per heavy atom. The third-order valence-electron chi connectivity index (χ3n) is 2.19. The van der Waals surface area contributed by atoms with Gasteiger partial charge in [-0.1, -0.05) is 12.1 Å². The van der Waals surface area contributed by atoms with Crippen LogP contribution in [0.25, 0.3) is 0 Å². The largest absolute Gasteiger partial charge is 0.427 e. The quantitative estimate of drug-likeness (QED) is 0.729. The summed E-state index contributed by atoms with van der Waals surface area (Å²) < 4.78 is 75.9. The number of carbonyl (C=O) groups excluding carboxylic acids is 1. The van der Waals surface area contributed by atoms with Crippen molar-refractivity contribution in [3.63, 3.8) is 0 Å². The maximum atomic E-state index is 12.6. The fourth-order valence-corrected chi connectivity index (χ4v) is 1.14. The van der Waals surface area contributed by atoms with Gasteiger partial charge in [0, 0.05) is 6.42 Å². The van der Waals surface area contributed by atoms with Gasteiger partial charge >= 0.3 is 23.9 Å². The van der Waals surface area contributed by atoms with Crippen LogP contribution >= 0.6 is 0 Å². The summed E-state index contributed by atoms with van der Waals surface area (Å²) in [5.74, 6) is -1.28. The van der Waals surface area contributed by atoms with Crippen LogP contribution in [0, 0.1) is 0 Å². The Morgan fingerprint density at radius 1 is 1.28 bits per heavy atom. The molecule has 104 valence electrons. The van der Waals surface area contributed by atoms with Crippen molar-refractivity contribution in [2.24, 2.45) is 10.3 Å². The number of hydrogen-bond acceptors (Lipinski definition) is 5. The van der Waals surface area contributed by atoms with Gasteiger partial charge in [-0.25, -0.2) is 4.79 Å². The third kappa shape index (κ3) is 2.08. The Kier molecular flexibility index (Phi) is 3.45. The Hall–Kier alpha value is -1.55. The van der Waals surface area contributed by atoms with E-state index in [2.05, 4.69) is 15.2 Å². The number of alkyl halides is 6. The first-order chi connectivity index (χ1) is 8.06. The molecular formula is C7H7F6N3O2. The van der Waals surface area contributed by atoms with Gasteiger partial charge < -0.3 is 4.84 Å². The number of rotatable bonds is 2. The molecule has 1 aliphatic rings. The van der Waals surface area contributed by atoms with Crippen LogP contribution < -0.4 is 0 Å². The molecule has 0 aromatic carbocycles. The highest BCUT2D eigenvalue weighted by atomic mass is 19.4. The van der Waals surface area contributed by atoms with Gasteiger partial charge in [0.05, 0.1) is 0 Å². The highest BCUT2D eigenvalue weighted by molar-refractivity contribution is 5.68. The predicted molar refractivity (Wildman–Crippen MR) is 42.8 cm³/mol. The highest BCUT2D eigenvalue weighted by Gasteiger charge is 2.78. The molecule has 0 aromatic rings. The molecule has 18 heavy (non-hydrogen) atoms. The number of hydrogen-bond donors (Lipinski definition) is 0. The lowest BCUT2D eigenvalue weighted by Crippen LogP contribution is -2.66. The van der Waals surface area contributed by atoms with E-state index < -0.39 is 42.0 Å². The van der Waals surface area contributed by atoms with E-state index in [4.69, 9.17) is 0 Å². The van der Waals surface area contributed by atoms with Crippen LogP contribution in [0.1, 0.15) is 13.3 Å². The van der Waals surface area contributed by atoms with Gasteiger partial charge in [-0.2, -0.15) is 31.5 Å². The molecule has 0 saturated carbocycles. The Balaban J connectivity index is 3.16. The van der Waals surface area contributed by atoms with E-state index in [9.17, 15) is 31.1 Å². The average molecular weight is 279 g/mol. The number of halogens is 6. The van der Waals surface area contributed by atoms with Crippen molar-refractivity contribution in [2.45, 2.75) is 31.2 Å². The summed E-state index contributed by atoms with van der Waals surface area (Å²) in [6.45, 7) is -0.505. The molecule has 0 aromatic heterocycles. The zero-order valence-electron chi connectivity index (χ0n) is 8.84. The van der Waals surface area contributed by atoms with Crippen LogP contribution in [0.5, 0.6) is 0 Å². The molecule has 0 atom stereocenters. The topological polar surface area (TPSA) is 54.3 Å². The van der Waals surface area contributed by atoms with Crippen molar-refractivity contribution in [3.8, 4) is 0 Å². The molecule has 1 heterocycles. The van der Waals surface area contributed by atoms with Gasteiger partial charge in [0.15, 0.2) is 0 Å². The van der Waals surface area contributed by atoms with Gasteiger partial charge in [0.2, 0.25) is 0 Å². The standard InChI is InChI=1S/C7H7F6N3O2/c1-2-4(17)18-16-5(3-14-15-16,6(8,9)10)7(11,12)13/h2-3H2,1H3. The predicted octanol–water partition coefficient (Wildman–Crippen LogP) is 2.40. The number of nitrogens with zero attached hydrogens (tertiary/aromatic N) is 3. The summed E-state index contributed by atoms with van der Waals surface area (Å²) in [5, 5.41) is 4.44. The first-order valence-corrected chi connectivity index (χ1v) is 4.58. The molecule has 0 fully saturated rings. The molecule has 0 bridgehead atoms. The molecule has 1 aliphatic heterocycles. The van der Waals surface area contributed by atoms with Crippen LogP contribution in [0.15, 0.2) is 10.3 Å². The van der Waals surface area contributed by atoms with Crippen molar-refractivity contribution in [2.75, 3.05) is 6.54 Å². The lowest BCUT2D eigenvalue weighted by Gasteiger charge is -2.36. The lowest BCUT2D eigenvalue weighted by atomic mass is 9.99. The van der Waals surface area contributed by atoms with Gasteiger partial charge in [-0.3, -0.25) is 0 Å². The molecular weight excluding hydrogens is 272 g/mol. The molecule has 0 saturated heterocycles. The van der Waals surface area contributed by atoms with E-state index in [0.717, 1.165) is 0 Å². The molecule has 11 heteroatoms. The summed E-state index contributed by atoms with van der Waals surface area (Å²) in [6.07, 6.45) is -11.9. The molecule has 0 spiro atoms. The maximum absolute atomic E-state index is 12.6. The summed E-state index contributed by atoms with van der Waals surface area (Å²) >= 11 is 0. The van der Waals surface area contributed by atoms with Gasteiger partial charge in [0.25, 0.3) is 0 Å². The minimum atomic E-state index is -5.75.